The molecule has 0 saturated heterocycles. The number of hydrogen-bond donors (Lipinski definition) is 2. The number of hydrogen-bond acceptors (Lipinski definition) is 2. The van der Waals surface area contributed by atoms with E-state index in [1.54, 1.807) is 24.3 Å². The first-order chi connectivity index (χ1) is 12.6. The summed E-state index contributed by atoms with van der Waals surface area (Å²) >= 11 is 12.0. The molecule has 0 radical (unpaired) electrons. The average molecular weight is 389 g/mol. The molecule has 1 aromatic heterocycles. The Morgan fingerprint density at radius 1 is 1.15 bits per heavy atom. The summed E-state index contributed by atoms with van der Waals surface area (Å²) in [5.41, 5.74) is 3.58. The highest BCUT2D eigenvalue weighted by atomic mass is 35.5. The number of carbonyl (C=O) groups excluding carboxylic acids is 1. The first-order valence-corrected chi connectivity index (χ1v) is 9.31. The number of aromatic nitrogens is 1. The van der Waals surface area contributed by atoms with E-state index < -0.39 is 0 Å². The fourth-order valence-corrected chi connectivity index (χ4v) is 3.76. The third kappa shape index (κ3) is 3.67. The molecule has 4 nitrogen and oxygen atoms in total. The first-order valence-electron chi connectivity index (χ1n) is 8.55. The van der Waals surface area contributed by atoms with E-state index in [0.717, 1.165) is 35.2 Å². The third-order valence-corrected chi connectivity index (χ3v) is 5.19. The lowest BCUT2D eigenvalue weighted by Gasteiger charge is -2.23. The molecular weight excluding hydrogens is 371 g/mol. The van der Waals surface area contributed by atoms with E-state index in [2.05, 4.69) is 10.3 Å². The van der Waals surface area contributed by atoms with E-state index in [0.29, 0.717) is 10.8 Å². The van der Waals surface area contributed by atoms with Crippen LogP contribution in [0.4, 0.5) is 0 Å². The van der Waals surface area contributed by atoms with Gasteiger partial charge in [-0.05, 0) is 67.3 Å². The Labute approximate surface area is 161 Å². The molecule has 26 heavy (non-hydrogen) atoms. The molecule has 4 rings (SSSR count). The van der Waals surface area contributed by atoms with Crippen LogP contribution in [0.25, 0.3) is 10.9 Å². The van der Waals surface area contributed by atoms with Gasteiger partial charge in [0.1, 0.15) is 5.75 Å². The van der Waals surface area contributed by atoms with Crippen molar-refractivity contribution in [2.75, 3.05) is 6.61 Å². The molecule has 1 unspecified atom stereocenters. The molecule has 0 saturated carbocycles. The Hall–Kier alpha value is -2.17. The predicted octanol–water partition coefficient (Wildman–Crippen LogP) is 4.53. The van der Waals surface area contributed by atoms with Gasteiger partial charge in [-0.15, -0.1) is 0 Å². The van der Waals surface area contributed by atoms with Crippen molar-refractivity contribution in [2.45, 2.75) is 25.3 Å². The molecule has 1 aliphatic carbocycles. The summed E-state index contributed by atoms with van der Waals surface area (Å²) < 4.78 is 5.51. The van der Waals surface area contributed by atoms with Crippen LogP contribution in [0.1, 0.15) is 17.7 Å². The Bertz CT molecular complexity index is 950. The summed E-state index contributed by atoms with van der Waals surface area (Å²) in [4.78, 5) is 15.7. The van der Waals surface area contributed by atoms with Crippen LogP contribution in [0, 0.1) is 0 Å². The van der Waals surface area contributed by atoms with E-state index in [1.807, 2.05) is 18.2 Å². The number of carbonyl (C=O) groups is 1. The maximum atomic E-state index is 12.2. The van der Waals surface area contributed by atoms with Crippen LogP contribution in [0.3, 0.4) is 0 Å². The van der Waals surface area contributed by atoms with Crippen molar-refractivity contribution >= 4 is 40.0 Å². The van der Waals surface area contributed by atoms with Crippen LogP contribution < -0.4 is 10.1 Å². The van der Waals surface area contributed by atoms with Crippen molar-refractivity contribution in [2.24, 2.45) is 0 Å². The maximum Gasteiger partial charge on any atom is 0.258 e. The van der Waals surface area contributed by atoms with Crippen LogP contribution in [0.5, 0.6) is 5.75 Å². The van der Waals surface area contributed by atoms with E-state index >= 15 is 0 Å². The van der Waals surface area contributed by atoms with E-state index in [4.69, 9.17) is 27.9 Å². The standard InChI is InChI=1S/C20H18Cl2N2O2/c21-12-1-5-15(6-2-12)26-11-20(25)23-14-4-8-19-17(10-14)16-9-13(22)3-7-18(16)24-19/h1-3,5-7,9,14,24H,4,8,10-11H2,(H,23,25). The summed E-state index contributed by atoms with van der Waals surface area (Å²) in [6.45, 7) is -0.00922. The number of benzene rings is 2. The molecule has 0 aliphatic heterocycles. The van der Waals surface area contributed by atoms with E-state index in [-0.39, 0.29) is 18.6 Å². The Morgan fingerprint density at radius 3 is 2.73 bits per heavy atom. The summed E-state index contributed by atoms with van der Waals surface area (Å²) in [7, 11) is 0. The highest BCUT2D eigenvalue weighted by Crippen LogP contribution is 2.31. The number of aromatic amines is 1. The smallest absolute Gasteiger partial charge is 0.258 e. The Kier molecular flexibility index (Phi) is 4.79. The fraction of sp³-hybridized carbons (Fsp3) is 0.250. The summed E-state index contributed by atoms with van der Waals surface area (Å²) in [6.07, 6.45) is 2.60. The molecule has 0 spiro atoms. The Balaban J connectivity index is 1.39. The molecule has 0 fully saturated rings. The minimum absolute atomic E-state index is 0.00922. The van der Waals surface area contributed by atoms with E-state index in [9.17, 15) is 4.79 Å². The Morgan fingerprint density at radius 2 is 1.92 bits per heavy atom. The van der Waals surface area contributed by atoms with Crippen molar-refractivity contribution < 1.29 is 9.53 Å². The highest BCUT2D eigenvalue weighted by molar-refractivity contribution is 6.31. The molecule has 0 bridgehead atoms. The lowest BCUT2D eigenvalue weighted by molar-refractivity contribution is -0.123. The van der Waals surface area contributed by atoms with Crippen molar-refractivity contribution in [3.63, 3.8) is 0 Å². The molecule has 1 amide bonds. The number of rotatable bonds is 4. The van der Waals surface area contributed by atoms with Crippen molar-refractivity contribution in [1.82, 2.24) is 10.3 Å². The molecule has 134 valence electrons. The molecular formula is C20H18Cl2N2O2. The van der Waals surface area contributed by atoms with Crippen molar-refractivity contribution in [3.8, 4) is 5.75 Å². The second kappa shape index (κ2) is 7.22. The number of amides is 1. The zero-order valence-electron chi connectivity index (χ0n) is 14.0. The predicted molar refractivity (Wildman–Crippen MR) is 104 cm³/mol. The molecule has 6 heteroatoms. The quantitative estimate of drug-likeness (QED) is 0.689. The number of H-pyrrole nitrogens is 1. The lowest BCUT2D eigenvalue weighted by Crippen LogP contribution is -2.41. The van der Waals surface area contributed by atoms with Gasteiger partial charge in [-0.2, -0.15) is 0 Å². The zero-order valence-corrected chi connectivity index (χ0v) is 15.5. The normalized spacial score (nSPS) is 16.3. The number of aryl methyl sites for hydroxylation is 1. The van der Waals surface area contributed by atoms with Gasteiger partial charge in [-0.25, -0.2) is 0 Å². The maximum absolute atomic E-state index is 12.2. The van der Waals surface area contributed by atoms with Gasteiger partial charge in [0.15, 0.2) is 6.61 Å². The molecule has 1 atom stereocenters. The number of nitrogens with one attached hydrogen (secondary N) is 2. The monoisotopic (exact) mass is 388 g/mol. The minimum Gasteiger partial charge on any atom is -0.484 e. The molecule has 2 aromatic carbocycles. The molecule has 3 aromatic rings. The van der Waals surface area contributed by atoms with Gasteiger partial charge in [0.25, 0.3) is 5.91 Å². The molecule has 1 aliphatic rings. The molecule has 2 N–H and O–H groups in total. The van der Waals surface area contributed by atoms with Crippen molar-refractivity contribution in [1.29, 1.82) is 0 Å². The highest BCUT2D eigenvalue weighted by Gasteiger charge is 2.23. The van der Waals surface area contributed by atoms with Crippen LogP contribution in [0.2, 0.25) is 10.0 Å². The average Bonchev–Trinajstić information content (AvgIpc) is 2.98. The van der Waals surface area contributed by atoms with Gasteiger partial charge in [0, 0.05) is 32.7 Å². The van der Waals surface area contributed by atoms with Gasteiger partial charge < -0.3 is 15.0 Å². The number of ether oxygens (including phenoxy) is 1. The van der Waals surface area contributed by atoms with Gasteiger partial charge in [0.2, 0.25) is 0 Å². The van der Waals surface area contributed by atoms with E-state index in [1.165, 1.54) is 11.3 Å². The lowest BCUT2D eigenvalue weighted by atomic mass is 9.91. The zero-order chi connectivity index (χ0) is 18.1. The van der Waals surface area contributed by atoms with Gasteiger partial charge in [0.05, 0.1) is 0 Å². The van der Waals surface area contributed by atoms with Gasteiger partial charge in [-0.1, -0.05) is 23.2 Å². The SMILES string of the molecule is O=C(COc1ccc(Cl)cc1)NC1CCc2[nH]c3ccc(Cl)cc3c2C1. The summed E-state index contributed by atoms with van der Waals surface area (Å²) in [5.74, 6) is 0.507. The second-order valence-corrected chi connectivity index (χ2v) is 7.39. The fourth-order valence-electron chi connectivity index (χ4n) is 3.46. The van der Waals surface area contributed by atoms with Crippen LogP contribution in [-0.2, 0) is 17.6 Å². The van der Waals surface area contributed by atoms with Gasteiger partial charge in [-0.3, -0.25) is 4.79 Å². The van der Waals surface area contributed by atoms with Gasteiger partial charge >= 0.3 is 0 Å². The van der Waals surface area contributed by atoms with Crippen LogP contribution in [-0.4, -0.2) is 23.5 Å². The third-order valence-electron chi connectivity index (χ3n) is 4.70. The summed E-state index contributed by atoms with van der Waals surface area (Å²) in [6, 6.07) is 12.9. The number of fused-ring (bicyclic) bond motifs is 3. The summed E-state index contributed by atoms with van der Waals surface area (Å²) in [5, 5.41) is 5.58. The second-order valence-electron chi connectivity index (χ2n) is 6.52. The van der Waals surface area contributed by atoms with Crippen molar-refractivity contribution in [3.05, 3.63) is 63.8 Å². The number of halogens is 2. The largest absolute Gasteiger partial charge is 0.484 e. The minimum atomic E-state index is -0.119. The topological polar surface area (TPSA) is 54.1 Å². The van der Waals surface area contributed by atoms with Crippen LogP contribution >= 0.6 is 23.2 Å². The van der Waals surface area contributed by atoms with Crippen LogP contribution in [0.15, 0.2) is 42.5 Å². The molecule has 1 heterocycles. The first kappa shape index (κ1) is 17.3.